The van der Waals surface area contributed by atoms with E-state index in [1.807, 2.05) is 50.2 Å². The molecule has 6 nitrogen and oxygen atoms in total. The van der Waals surface area contributed by atoms with E-state index in [9.17, 15) is 15.2 Å². The predicted octanol–water partition coefficient (Wildman–Crippen LogP) is 6.76. The lowest BCUT2D eigenvalue weighted by atomic mass is 9.86. The minimum atomic E-state index is -0.807. The smallest absolute Gasteiger partial charge is 0.338 e. The number of aliphatic hydroxyl groups is 1. The van der Waals surface area contributed by atoms with Crippen LogP contribution >= 0.6 is 12.4 Å². The van der Waals surface area contributed by atoms with E-state index in [-0.39, 0.29) is 18.4 Å². The molecule has 0 aliphatic heterocycles. The fourth-order valence-electron chi connectivity index (χ4n) is 4.58. The molecule has 4 aromatic carbocycles. The first-order valence-electron chi connectivity index (χ1n) is 13.1. The minimum absolute atomic E-state index is 0. The predicted molar refractivity (Wildman–Crippen MR) is 161 cm³/mol. The standard InChI is InChI=1S/C33H34N2O4.ClH/c1-4-38-32(37)27-12-7-11-23(18-27)25-14-15-30(28(19-25)21-34)39-16-8-13-26-17-22-9-5-6-10-24(22)20-29(26)31(36)33(2,3)35;/h5-7,9-12,14-15,17-20,31,36H,4,8,13,16,35H2,1-3H3;1H/t31-;/m1./s1. The molecule has 0 amide bonds. The highest BCUT2D eigenvalue weighted by Crippen LogP contribution is 2.31. The molecular formula is C33H35ClN2O4. The highest BCUT2D eigenvalue weighted by molar-refractivity contribution is 5.91. The van der Waals surface area contributed by atoms with Crippen LogP contribution in [0.3, 0.4) is 0 Å². The summed E-state index contributed by atoms with van der Waals surface area (Å²) in [6.45, 7) is 6.12. The van der Waals surface area contributed by atoms with Crippen LogP contribution in [0.25, 0.3) is 21.9 Å². The molecule has 0 saturated heterocycles. The van der Waals surface area contributed by atoms with Crippen LogP contribution in [0, 0.1) is 11.3 Å². The van der Waals surface area contributed by atoms with E-state index in [1.165, 1.54) is 0 Å². The Labute approximate surface area is 241 Å². The summed E-state index contributed by atoms with van der Waals surface area (Å²) in [5.41, 5.74) is 9.82. The summed E-state index contributed by atoms with van der Waals surface area (Å²) in [7, 11) is 0. The van der Waals surface area contributed by atoms with Gasteiger partial charge in [0, 0.05) is 5.54 Å². The second kappa shape index (κ2) is 13.5. The number of aryl methyl sites for hydroxylation is 1. The van der Waals surface area contributed by atoms with Gasteiger partial charge in [-0.3, -0.25) is 0 Å². The van der Waals surface area contributed by atoms with Gasteiger partial charge in [-0.05, 0) is 97.0 Å². The molecule has 0 saturated carbocycles. The van der Waals surface area contributed by atoms with Gasteiger partial charge in [0.25, 0.3) is 0 Å². The molecule has 208 valence electrons. The Balaban J connectivity index is 0.00000441. The van der Waals surface area contributed by atoms with Gasteiger partial charge in [-0.1, -0.05) is 48.5 Å². The fraction of sp³-hybridized carbons (Fsp3) is 0.273. The molecule has 1 atom stereocenters. The third-order valence-corrected chi connectivity index (χ3v) is 6.66. The maximum Gasteiger partial charge on any atom is 0.338 e. The molecule has 0 heterocycles. The minimum Gasteiger partial charge on any atom is -0.492 e. The number of fused-ring (bicyclic) bond motifs is 1. The molecule has 4 aromatic rings. The Morgan fingerprint density at radius 3 is 2.38 bits per heavy atom. The molecule has 0 spiro atoms. The zero-order chi connectivity index (χ0) is 28.0. The van der Waals surface area contributed by atoms with E-state index in [0.717, 1.165) is 33.0 Å². The monoisotopic (exact) mass is 558 g/mol. The Kier molecular flexibility index (Phi) is 10.3. The second-order valence-electron chi connectivity index (χ2n) is 10.2. The number of halogens is 1. The molecule has 0 radical (unpaired) electrons. The van der Waals surface area contributed by atoms with Crippen molar-refractivity contribution >= 4 is 29.1 Å². The van der Waals surface area contributed by atoms with Gasteiger partial charge in [0.1, 0.15) is 11.8 Å². The lowest BCUT2D eigenvalue weighted by Gasteiger charge is -2.28. The van der Waals surface area contributed by atoms with E-state index in [1.54, 1.807) is 37.3 Å². The summed E-state index contributed by atoms with van der Waals surface area (Å²) in [6.07, 6.45) is 0.573. The van der Waals surface area contributed by atoms with E-state index in [2.05, 4.69) is 18.2 Å². The van der Waals surface area contributed by atoms with Crippen LogP contribution in [0.2, 0.25) is 0 Å². The first kappa shape index (κ1) is 30.6. The molecule has 0 bridgehead atoms. The Morgan fingerprint density at radius 1 is 1.00 bits per heavy atom. The SMILES string of the molecule is CCOC(=O)c1cccc(-c2ccc(OCCCc3cc4ccccc4cc3[C@@H](O)C(C)(C)N)c(C#N)c2)c1.Cl. The van der Waals surface area contributed by atoms with Crippen LogP contribution in [-0.4, -0.2) is 29.8 Å². The van der Waals surface area contributed by atoms with Crippen LogP contribution in [0.4, 0.5) is 0 Å². The first-order chi connectivity index (χ1) is 18.7. The summed E-state index contributed by atoms with van der Waals surface area (Å²) >= 11 is 0. The van der Waals surface area contributed by atoms with Gasteiger partial charge in [-0.25, -0.2) is 4.79 Å². The Bertz CT molecular complexity index is 1520. The number of hydrogen-bond donors (Lipinski definition) is 2. The fourth-order valence-corrected chi connectivity index (χ4v) is 4.58. The van der Waals surface area contributed by atoms with E-state index >= 15 is 0 Å². The number of esters is 1. The highest BCUT2D eigenvalue weighted by atomic mass is 35.5. The van der Waals surface area contributed by atoms with Crippen molar-refractivity contribution in [1.82, 2.24) is 0 Å². The molecule has 0 fully saturated rings. The largest absolute Gasteiger partial charge is 0.492 e. The topological polar surface area (TPSA) is 106 Å². The quantitative estimate of drug-likeness (QED) is 0.164. The third-order valence-electron chi connectivity index (χ3n) is 6.66. The van der Waals surface area contributed by atoms with Crippen molar-refractivity contribution in [2.24, 2.45) is 5.73 Å². The molecule has 0 unspecified atom stereocenters. The molecule has 0 aliphatic rings. The zero-order valence-electron chi connectivity index (χ0n) is 23.0. The van der Waals surface area contributed by atoms with Gasteiger partial charge in [0.15, 0.2) is 0 Å². The molecular weight excluding hydrogens is 524 g/mol. The number of carbonyl (C=O) groups is 1. The van der Waals surface area contributed by atoms with Crippen LogP contribution < -0.4 is 10.5 Å². The van der Waals surface area contributed by atoms with Crippen LogP contribution in [0.1, 0.15) is 60.3 Å². The van der Waals surface area contributed by atoms with Crippen molar-refractivity contribution < 1.29 is 19.4 Å². The molecule has 0 aromatic heterocycles. The lowest BCUT2D eigenvalue weighted by Crippen LogP contribution is -2.39. The number of nitrogens with zero attached hydrogens (tertiary/aromatic N) is 1. The first-order valence-corrected chi connectivity index (χ1v) is 13.1. The van der Waals surface area contributed by atoms with Gasteiger partial charge in [-0.2, -0.15) is 5.26 Å². The van der Waals surface area contributed by atoms with E-state index in [4.69, 9.17) is 15.2 Å². The van der Waals surface area contributed by atoms with Crippen LogP contribution in [-0.2, 0) is 11.2 Å². The normalized spacial score (nSPS) is 11.8. The zero-order valence-corrected chi connectivity index (χ0v) is 23.8. The van der Waals surface area contributed by atoms with Crippen molar-refractivity contribution in [1.29, 1.82) is 5.26 Å². The number of nitriles is 1. The van der Waals surface area contributed by atoms with Crippen LogP contribution in [0.15, 0.2) is 78.9 Å². The number of hydrogen-bond acceptors (Lipinski definition) is 6. The summed E-state index contributed by atoms with van der Waals surface area (Å²) in [5.74, 6) is 0.126. The average molecular weight is 559 g/mol. The van der Waals surface area contributed by atoms with Gasteiger partial charge in [0.2, 0.25) is 0 Å². The molecule has 0 aliphatic carbocycles. The van der Waals surface area contributed by atoms with Crippen molar-refractivity contribution in [2.45, 2.75) is 45.3 Å². The van der Waals surface area contributed by atoms with Gasteiger partial charge in [0.05, 0.1) is 30.4 Å². The van der Waals surface area contributed by atoms with Crippen molar-refractivity contribution in [3.8, 4) is 22.9 Å². The number of aliphatic hydroxyl groups excluding tert-OH is 1. The Morgan fingerprint density at radius 2 is 1.70 bits per heavy atom. The number of nitrogens with two attached hydrogens (primary N) is 1. The number of benzene rings is 4. The molecule has 4 rings (SSSR count). The van der Waals surface area contributed by atoms with Crippen molar-refractivity contribution in [3.05, 3.63) is 101 Å². The molecule has 40 heavy (non-hydrogen) atoms. The Hall–Kier alpha value is -3.89. The molecule has 3 N–H and O–H groups in total. The van der Waals surface area contributed by atoms with Gasteiger partial charge >= 0.3 is 5.97 Å². The molecule has 7 heteroatoms. The summed E-state index contributed by atoms with van der Waals surface area (Å²) in [6, 6.07) is 27.0. The van der Waals surface area contributed by atoms with Crippen molar-refractivity contribution in [2.75, 3.05) is 13.2 Å². The summed E-state index contributed by atoms with van der Waals surface area (Å²) in [5, 5.41) is 22.9. The number of carbonyl (C=O) groups excluding carboxylic acids is 1. The maximum atomic E-state index is 12.1. The second-order valence-corrected chi connectivity index (χ2v) is 10.2. The summed E-state index contributed by atoms with van der Waals surface area (Å²) < 4.78 is 11.1. The van der Waals surface area contributed by atoms with Crippen molar-refractivity contribution in [3.63, 3.8) is 0 Å². The van der Waals surface area contributed by atoms with E-state index in [0.29, 0.717) is 42.9 Å². The number of rotatable bonds is 10. The van der Waals surface area contributed by atoms with Gasteiger partial charge < -0.3 is 20.3 Å². The maximum absolute atomic E-state index is 12.1. The highest BCUT2D eigenvalue weighted by Gasteiger charge is 2.26. The van der Waals surface area contributed by atoms with E-state index < -0.39 is 11.6 Å². The van der Waals surface area contributed by atoms with Crippen LogP contribution in [0.5, 0.6) is 5.75 Å². The number of ether oxygens (including phenoxy) is 2. The summed E-state index contributed by atoms with van der Waals surface area (Å²) in [4.78, 5) is 12.1. The van der Waals surface area contributed by atoms with Gasteiger partial charge in [-0.15, -0.1) is 12.4 Å². The third kappa shape index (κ3) is 7.19. The lowest BCUT2D eigenvalue weighted by molar-refractivity contribution is 0.0526. The average Bonchev–Trinajstić information content (AvgIpc) is 2.94.